The minimum absolute atomic E-state index is 0.0354. The topological polar surface area (TPSA) is 64.9 Å². The van der Waals surface area contributed by atoms with Gasteiger partial charge in [0.2, 0.25) is 5.91 Å². The Morgan fingerprint density at radius 1 is 1.41 bits per heavy atom. The molecule has 2 N–H and O–H groups in total. The van der Waals surface area contributed by atoms with Crippen LogP contribution in [0.4, 0.5) is 0 Å². The van der Waals surface area contributed by atoms with Crippen molar-refractivity contribution < 1.29 is 4.79 Å². The molecule has 1 atom stereocenters. The molecule has 0 spiro atoms. The first-order valence-electron chi connectivity index (χ1n) is 7.52. The average molecular weight is 322 g/mol. The lowest BCUT2D eigenvalue weighted by molar-refractivity contribution is -0.129. The Bertz CT molecular complexity index is 537. The van der Waals surface area contributed by atoms with E-state index in [9.17, 15) is 4.79 Å². The molecule has 0 aliphatic carbocycles. The van der Waals surface area contributed by atoms with Gasteiger partial charge in [0, 0.05) is 24.2 Å². The summed E-state index contributed by atoms with van der Waals surface area (Å²) < 4.78 is 0. The zero-order valence-electron chi connectivity index (χ0n) is 13.4. The van der Waals surface area contributed by atoms with E-state index in [1.54, 1.807) is 0 Å². The van der Waals surface area contributed by atoms with Crippen LogP contribution in [-0.2, 0) is 11.3 Å². The first kappa shape index (κ1) is 18.5. The number of nitriles is 1. The molecule has 0 aromatic heterocycles. The quantitative estimate of drug-likeness (QED) is 0.772. The Morgan fingerprint density at radius 2 is 2.09 bits per heavy atom. The van der Waals surface area contributed by atoms with Crippen LogP contribution in [0.3, 0.4) is 0 Å². The summed E-state index contributed by atoms with van der Waals surface area (Å²) >= 11 is 6.08. The van der Waals surface area contributed by atoms with Gasteiger partial charge in [0.1, 0.15) is 0 Å². The maximum atomic E-state index is 12.3. The molecule has 1 aromatic rings. The van der Waals surface area contributed by atoms with Gasteiger partial charge in [-0.1, -0.05) is 36.7 Å². The Hall–Kier alpha value is -1.57. The van der Waals surface area contributed by atoms with Crippen LogP contribution >= 0.6 is 11.6 Å². The fraction of sp³-hybridized carbons (Fsp3) is 0.529. The zero-order chi connectivity index (χ0) is 16.6. The van der Waals surface area contributed by atoms with Gasteiger partial charge in [-0.05, 0) is 31.9 Å². The molecule has 1 rings (SSSR count). The van der Waals surface area contributed by atoms with Crippen molar-refractivity contribution in [2.45, 2.75) is 46.2 Å². The summed E-state index contributed by atoms with van der Waals surface area (Å²) in [5, 5.41) is 15.6. The molecule has 22 heavy (non-hydrogen) atoms. The van der Waals surface area contributed by atoms with Crippen molar-refractivity contribution in [3.63, 3.8) is 0 Å². The van der Waals surface area contributed by atoms with Crippen molar-refractivity contribution in [1.82, 2.24) is 10.6 Å². The lowest BCUT2D eigenvalue weighted by Gasteiger charge is -2.26. The van der Waals surface area contributed by atoms with Gasteiger partial charge in [0.15, 0.2) is 0 Å². The van der Waals surface area contributed by atoms with Crippen molar-refractivity contribution in [1.29, 1.82) is 5.26 Å². The molecule has 0 radical (unpaired) electrons. The van der Waals surface area contributed by atoms with E-state index < -0.39 is 5.41 Å². The third-order valence-corrected chi connectivity index (χ3v) is 4.04. The van der Waals surface area contributed by atoms with Crippen LogP contribution in [-0.4, -0.2) is 18.5 Å². The molecular weight excluding hydrogens is 298 g/mol. The van der Waals surface area contributed by atoms with Gasteiger partial charge >= 0.3 is 0 Å². The molecule has 0 saturated carbocycles. The number of halogens is 1. The third-order valence-electron chi connectivity index (χ3n) is 3.68. The number of carbonyl (C=O) groups is 1. The van der Waals surface area contributed by atoms with Gasteiger partial charge in [-0.25, -0.2) is 0 Å². The summed E-state index contributed by atoms with van der Waals surface area (Å²) in [6, 6.07) is 9.75. The van der Waals surface area contributed by atoms with Gasteiger partial charge in [0.25, 0.3) is 0 Å². The SMILES string of the molecule is CCC(CC#N)NCC(C)(C)C(=O)NCc1ccccc1Cl. The van der Waals surface area contributed by atoms with E-state index in [0.29, 0.717) is 24.5 Å². The van der Waals surface area contributed by atoms with E-state index in [1.165, 1.54) is 0 Å². The largest absolute Gasteiger partial charge is 0.351 e. The van der Waals surface area contributed by atoms with E-state index in [-0.39, 0.29) is 11.9 Å². The third kappa shape index (κ3) is 5.67. The molecular formula is C17H24ClN3O. The molecule has 1 amide bonds. The standard InChI is InChI=1S/C17H24ClN3O/c1-4-14(9-10-19)21-12-17(2,3)16(22)20-11-13-7-5-6-8-15(13)18/h5-8,14,21H,4,9,11-12H2,1-3H3,(H,20,22). The first-order chi connectivity index (χ1) is 10.4. The molecule has 1 aromatic carbocycles. The normalized spacial score (nSPS) is 12.5. The molecule has 1 unspecified atom stereocenters. The maximum Gasteiger partial charge on any atom is 0.227 e. The maximum absolute atomic E-state index is 12.3. The highest BCUT2D eigenvalue weighted by Gasteiger charge is 2.28. The van der Waals surface area contributed by atoms with Crippen molar-refractivity contribution in [3.8, 4) is 6.07 Å². The Labute approximate surface area is 137 Å². The highest BCUT2D eigenvalue weighted by atomic mass is 35.5. The predicted molar refractivity (Wildman–Crippen MR) is 89.4 cm³/mol. The van der Waals surface area contributed by atoms with E-state index in [4.69, 9.17) is 16.9 Å². The molecule has 4 nitrogen and oxygen atoms in total. The highest BCUT2D eigenvalue weighted by molar-refractivity contribution is 6.31. The fourth-order valence-electron chi connectivity index (χ4n) is 2.01. The van der Waals surface area contributed by atoms with E-state index in [2.05, 4.69) is 16.7 Å². The van der Waals surface area contributed by atoms with Crippen LogP contribution < -0.4 is 10.6 Å². The molecule has 0 heterocycles. The fourth-order valence-corrected chi connectivity index (χ4v) is 2.21. The Balaban J connectivity index is 2.52. The minimum atomic E-state index is -0.551. The predicted octanol–water partition coefficient (Wildman–Crippen LogP) is 3.26. The number of nitrogens with zero attached hydrogens (tertiary/aromatic N) is 1. The van der Waals surface area contributed by atoms with Crippen LogP contribution in [0, 0.1) is 16.7 Å². The first-order valence-corrected chi connectivity index (χ1v) is 7.90. The number of benzene rings is 1. The van der Waals surface area contributed by atoms with Crippen molar-refractivity contribution in [3.05, 3.63) is 34.9 Å². The van der Waals surface area contributed by atoms with Crippen LogP contribution in [0.15, 0.2) is 24.3 Å². The number of hydrogen-bond donors (Lipinski definition) is 2. The van der Waals surface area contributed by atoms with Crippen molar-refractivity contribution in [2.24, 2.45) is 5.41 Å². The summed E-state index contributed by atoms with van der Waals surface area (Å²) in [5.41, 5.74) is 0.349. The molecule has 0 fully saturated rings. The number of carbonyl (C=O) groups excluding carboxylic acids is 1. The summed E-state index contributed by atoms with van der Waals surface area (Å²) in [6.07, 6.45) is 1.32. The second-order valence-electron chi connectivity index (χ2n) is 6.01. The van der Waals surface area contributed by atoms with E-state index in [1.807, 2.05) is 45.0 Å². The van der Waals surface area contributed by atoms with Gasteiger partial charge in [-0.2, -0.15) is 5.26 Å². The van der Waals surface area contributed by atoms with Gasteiger partial charge in [0.05, 0.1) is 17.9 Å². The summed E-state index contributed by atoms with van der Waals surface area (Å²) in [7, 11) is 0. The van der Waals surface area contributed by atoms with Gasteiger partial charge in [-0.3, -0.25) is 4.79 Å². The number of amides is 1. The lowest BCUT2D eigenvalue weighted by Crippen LogP contribution is -2.45. The average Bonchev–Trinajstić information content (AvgIpc) is 2.50. The van der Waals surface area contributed by atoms with Crippen molar-refractivity contribution >= 4 is 17.5 Å². The molecule has 0 aliphatic heterocycles. The van der Waals surface area contributed by atoms with Crippen molar-refractivity contribution in [2.75, 3.05) is 6.54 Å². The summed E-state index contributed by atoms with van der Waals surface area (Å²) in [6.45, 7) is 6.75. The number of nitrogens with one attached hydrogen (secondary N) is 2. The number of hydrogen-bond acceptors (Lipinski definition) is 3. The molecule has 120 valence electrons. The van der Waals surface area contributed by atoms with E-state index in [0.717, 1.165) is 12.0 Å². The second-order valence-corrected chi connectivity index (χ2v) is 6.41. The van der Waals surface area contributed by atoms with Crippen LogP contribution in [0.1, 0.15) is 39.2 Å². The zero-order valence-corrected chi connectivity index (χ0v) is 14.2. The van der Waals surface area contributed by atoms with E-state index >= 15 is 0 Å². The monoisotopic (exact) mass is 321 g/mol. The van der Waals surface area contributed by atoms with Crippen LogP contribution in [0.2, 0.25) is 5.02 Å². The summed E-state index contributed by atoms with van der Waals surface area (Å²) in [5.74, 6) is -0.0354. The van der Waals surface area contributed by atoms with Crippen LogP contribution in [0.5, 0.6) is 0 Å². The minimum Gasteiger partial charge on any atom is -0.351 e. The Morgan fingerprint density at radius 3 is 2.68 bits per heavy atom. The Kier molecular flexibility index (Phi) is 7.37. The smallest absolute Gasteiger partial charge is 0.227 e. The molecule has 5 heteroatoms. The van der Waals surface area contributed by atoms with Crippen LogP contribution in [0.25, 0.3) is 0 Å². The van der Waals surface area contributed by atoms with Gasteiger partial charge in [-0.15, -0.1) is 0 Å². The summed E-state index contributed by atoms with van der Waals surface area (Å²) in [4.78, 5) is 12.3. The molecule has 0 saturated heterocycles. The molecule has 0 aliphatic rings. The van der Waals surface area contributed by atoms with Gasteiger partial charge < -0.3 is 10.6 Å². The molecule has 0 bridgehead atoms. The lowest BCUT2D eigenvalue weighted by atomic mass is 9.91. The second kappa shape index (κ2) is 8.77. The highest BCUT2D eigenvalue weighted by Crippen LogP contribution is 2.17. The number of rotatable bonds is 8.